The monoisotopic (exact) mass is 429 g/mol. The van der Waals surface area contributed by atoms with Gasteiger partial charge in [0.2, 0.25) is 0 Å². The van der Waals surface area contributed by atoms with Gasteiger partial charge in [0.15, 0.2) is 0 Å². The number of ether oxygens (including phenoxy) is 2. The molecule has 0 bridgehead atoms. The smallest absolute Gasteiger partial charge is 0.410 e. The largest absolute Gasteiger partial charge is 0.445 e. The topological polar surface area (TPSA) is 55.8 Å². The van der Waals surface area contributed by atoms with Crippen molar-refractivity contribution >= 4 is 12.1 Å². The van der Waals surface area contributed by atoms with Crippen LogP contribution in [0, 0.1) is 0 Å². The molecule has 0 aliphatic carbocycles. The summed E-state index contributed by atoms with van der Waals surface area (Å²) in [6, 6.07) is 27.7. The van der Waals surface area contributed by atoms with E-state index in [9.17, 15) is 9.59 Å². The summed E-state index contributed by atoms with van der Waals surface area (Å²) in [6.45, 7) is 2.89. The van der Waals surface area contributed by atoms with E-state index < -0.39 is 0 Å². The molecule has 1 saturated heterocycles. The molecule has 32 heavy (non-hydrogen) atoms. The van der Waals surface area contributed by atoms with E-state index in [4.69, 9.17) is 9.47 Å². The molecule has 0 radical (unpaired) electrons. The lowest BCUT2D eigenvalue weighted by Crippen LogP contribution is -2.42. The lowest BCUT2D eigenvalue weighted by molar-refractivity contribution is -0.131. The molecule has 1 aliphatic heterocycles. The Kier molecular flexibility index (Phi) is 6.85. The average molecular weight is 430 g/mol. The van der Waals surface area contributed by atoms with Gasteiger partial charge in [0.25, 0.3) is 0 Å². The molecule has 164 valence electrons. The number of hydrogen-bond acceptors (Lipinski definition) is 4. The van der Waals surface area contributed by atoms with E-state index in [1.165, 1.54) is 18.1 Å². The standard InChI is InChI=1S/C27H27NO4/c1-20(29)32-24-14-12-23(13-15-24)25-16-17-28(18-26(25)22-10-6-3-7-11-22)27(30)31-19-21-8-4-2-5-9-21/h2-15,25-26H,16-19H2,1H3/t25-,26-/m1/s1. The number of benzene rings is 3. The minimum atomic E-state index is -0.331. The summed E-state index contributed by atoms with van der Waals surface area (Å²) in [4.78, 5) is 25.8. The van der Waals surface area contributed by atoms with Gasteiger partial charge in [0.05, 0.1) is 0 Å². The summed E-state index contributed by atoms with van der Waals surface area (Å²) in [5, 5.41) is 0. The third kappa shape index (κ3) is 5.35. The van der Waals surface area contributed by atoms with Gasteiger partial charge in [-0.15, -0.1) is 0 Å². The molecule has 1 amide bonds. The first-order chi connectivity index (χ1) is 15.6. The predicted molar refractivity (Wildman–Crippen MR) is 122 cm³/mol. The zero-order valence-corrected chi connectivity index (χ0v) is 18.1. The Morgan fingerprint density at radius 3 is 2.12 bits per heavy atom. The fourth-order valence-corrected chi connectivity index (χ4v) is 4.31. The molecule has 0 unspecified atom stereocenters. The summed E-state index contributed by atoms with van der Waals surface area (Å²) < 4.78 is 10.8. The highest BCUT2D eigenvalue weighted by Crippen LogP contribution is 2.40. The van der Waals surface area contributed by atoms with Crippen LogP contribution in [0.3, 0.4) is 0 Å². The Morgan fingerprint density at radius 1 is 0.844 bits per heavy atom. The third-order valence-electron chi connectivity index (χ3n) is 5.87. The van der Waals surface area contributed by atoms with Crippen molar-refractivity contribution < 1.29 is 19.1 Å². The summed E-state index contributed by atoms with van der Waals surface area (Å²) in [7, 11) is 0. The van der Waals surface area contributed by atoms with Gasteiger partial charge < -0.3 is 14.4 Å². The van der Waals surface area contributed by atoms with Gasteiger partial charge in [-0.25, -0.2) is 4.79 Å². The molecular weight excluding hydrogens is 402 g/mol. The van der Waals surface area contributed by atoms with Gasteiger partial charge in [-0.1, -0.05) is 72.8 Å². The molecule has 4 rings (SSSR count). The lowest BCUT2D eigenvalue weighted by atomic mass is 9.77. The van der Waals surface area contributed by atoms with Gasteiger partial charge >= 0.3 is 12.1 Å². The van der Waals surface area contributed by atoms with Crippen LogP contribution in [0.4, 0.5) is 4.79 Å². The van der Waals surface area contributed by atoms with Crippen LogP contribution < -0.4 is 4.74 Å². The first kappa shape index (κ1) is 21.6. The van der Waals surface area contributed by atoms with Crippen LogP contribution in [0.2, 0.25) is 0 Å². The van der Waals surface area contributed by atoms with Crippen molar-refractivity contribution in [2.75, 3.05) is 13.1 Å². The van der Waals surface area contributed by atoms with E-state index in [0.29, 0.717) is 18.8 Å². The Labute approximate surface area is 188 Å². The highest BCUT2D eigenvalue weighted by molar-refractivity contribution is 5.69. The highest BCUT2D eigenvalue weighted by Gasteiger charge is 2.34. The van der Waals surface area contributed by atoms with Crippen LogP contribution in [0.5, 0.6) is 5.75 Å². The van der Waals surface area contributed by atoms with Crippen LogP contribution >= 0.6 is 0 Å². The van der Waals surface area contributed by atoms with E-state index >= 15 is 0 Å². The predicted octanol–water partition coefficient (Wildman–Crippen LogP) is 5.52. The number of likely N-dealkylation sites (tertiary alicyclic amines) is 1. The van der Waals surface area contributed by atoms with Crippen molar-refractivity contribution in [1.29, 1.82) is 0 Å². The molecule has 0 N–H and O–H groups in total. The molecule has 5 heteroatoms. The molecule has 2 atom stereocenters. The number of piperidine rings is 1. The SMILES string of the molecule is CC(=O)Oc1ccc([C@H]2CCN(C(=O)OCc3ccccc3)C[C@@H]2c2ccccc2)cc1. The van der Waals surface area contributed by atoms with Crippen molar-refractivity contribution in [3.8, 4) is 5.75 Å². The molecule has 1 fully saturated rings. The molecule has 3 aromatic rings. The zero-order valence-electron chi connectivity index (χ0n) is 18.1. The fourth-order valence-electron chi connectivity index (χ4n) is 4.31. The van der Waals surface area contributed by atoms with Gasteiger partial charge in [-0.05, 0) is 41.2 Å². The van der Waals surface area contributed by atoms with E-state index in [1.54, 1.807) is 0 Å². The Morgan fingerprint density at radius 2 is 1.47 bits per heavy atom. The summed E-state index contributed by atoms with van der Waals surface area (Å²) in [5.74, 6) is 0.609. The fraction of sp³-hybridized carbons (Fsp3) is 0.259. The zero-order chi connectivity index (χ0) is 22.3. The summed E-state index contributed by atoms with van der Waals surface area (Å²) in [5.41, 5.74) is 3.34. The number of amides is 1. The number of esters is 1. The molecule has 0 aromatic heterocycles. The molecule has 5 nitrogen and oxygen atoms in total. The number of hydrogen-bond donors (Lipinski definition) is 0. The summed E-state index contributed by atoms with van der Waals surface area (Å²) in [6.07, 6.45) is 0.547. The van der Waals surface area contributed by atoms with Crippen molar-refractivity contribution in [3.63, 3.8) is 0 Å². The quantitative estimate of drug-likeness (QED) is 0.396. The number of rotatable bonds is 5. The second-order valence-corrected chi connectivity index (χ2v) is 8.06. The third-order valence-corrected chi connectivity index (χ3v) is 5.87. The second kappa shape index (κ2) is 10.1. The van der Waals surface area contributed by atoms with Gasteiger partial charge in [-0.3, -0.25) is 4.79 Å². The van der Waals surface area contributed by atoms with Gasteiger partial charge in [0, 0.05) is 25.9 Å². The maximum Gasteiger partial charge on any atom is 0.410 e. The Balaban J connectivity index is 1.49. The first-order valence-corrected chi connectivity index (χ1v) is 10.9. The van der Waals surface area contributed by atoms with Crippen LogP contribution in [-0.2, 0) is 16.1 Å². The average Bonchev–Trinajstić information content (AvgIpc) is 2.83. The maximum absolute atomic E-state index is 12.8. The van der Waals surface area contributed by atoms with Gasteiger partial charge in [-0.2, -0.15) is 0 Å². The van der Waals surface area contributed by atoms with E-state index in [1.807, 2.05) is 77.7 Å². The normalized spacial score (nSPS) is 18.1. The molecule has 3 aromatic carbocycles. The van der Waals surface area contributed by atoms with Gasteiger partial charge in [0.1, 0.15) is 12.4 Å². The van der Waals surface area contributed by atoms with E-state index in [-0.39, 0.29) is 30.5 Å². The molecular formula is C27H27NO4. The van der Waals surface area contributed by atoms with Crippen LogP contribution in [-0.4, -0.2) is 30.1 Å². The second-order valence-electron chi connectivity index (χ2n) is 8.06. The molecule has 0 saturated carbocycles. The van der Waals surface area contributed by atoms with Crippen molar-refractivity contribution in [1.82, 2.24) is 4.90 Å². The molecule has 1 heterocycles. The maximum atomic E-state index is 12.8. The minimum absolute atomic E-state index is 0.147. The lowest BCUT2D eigenvalue weighted by Gasteiger charge is -2.38. The Bertz CT molecular complexity index is 1030. The number of nitrogens with zero attached hydrogens (tertiary/aromatic N) is 1. The van der Waals surface area contributed by atoms with Crippen LogP contribution in [0.1, 0.15) is 41.9 Å². The van der Waals surface area contributed by atoms with E-state index in [0.717, 1.165) is 12.0 Å². The Hall–Kier alpha value is -3.60. The number of carbonyl (C=O) groups excluding carboxylic acids is 2. The molecule has 1 aliphatic rings. The summed E-state index contributed by atoms with van der Waals surface area (Å²) >= 11 is 0. The minimum Gasteiger partial charge on any atom is -0.445 e. The van der Waals surface area contributed by atoms with Crippen molar-refractivity contribution in [2.24, 2.45) is 0 Å². The highest BCUT2D eigenvalue weighted by atomic mass is 16.6. The van der Waals surface area contributed by atoms with Crippen LogP contribution in [0.25, 0.3) is 0 Å². The molecule has 0 spiro atoms. The van der Waals surface area contributed by atoms with Crippen LogP contribution in [0.15, 0.2) is 84.9 Å². The van der Waals surface area contributed by atoms with Crippen molar-refractivity contribution in [3.05, 3.63) is 102 Å². The first-order valence-electron chi connectivity index (χ1n) is 10.9. The van der Waals surface area contributed by atoms with Crippen molar-refractivity contribution in [2.45, 2.75) is 31.8 Å². The number of carbonyl (C=O) groups is 2. The van der Waals surface area contributed by atoms with E-state index in [2.05, 4.69) is 12.1 Å².